The maximum Gasteiger partial charge on any atom is 0.350 e. The molecule has 1 heterocycles. The largest absolute Gasteiger partial charge is 0.465 e. The summed E-state index contributed by atoms with van der Waals surface area (Å²) in [6, 6.07) is 17.0. The summed E-state index contributed by atoms with van der Waals surface area (Å²) >= 11 is 3.99. The molecule has 0 radical (unpaired) electrons. The predicted octanol–water partition coefficient (Wildman–Crippen LogP) is 5.30. The highest BCUT2D eigenvalue weighted by molar-refractivity contribution is 8.00. The number of hydrogen-bond acceptors (Lipinski definition) is 7. The van der Waals surface area contributed by atoms with Crippen molar-refractivity contribution in [2.75, 3.05) is 29.2 Å². The maximum atomic E-state index is 12.4. The van der Waals surface area contributed by atoms with E-state index >= 15 is 0 Å². The van der Waals surface area contributed by atoms with Crippen molar-refractivity contribution < 1.29 is 19.1 Å². The van der Waals surface area contributed by atoms with Gasteiger partial charge in [0.2, 0.25) is 11.8 Å². The first kappa shape index (κ1) is 23.9. The highest BCUT2D eigenvalue weighted by Crippen LogP contribution is 2.29. The number of hydrogen-bond donors (Lipinski definition) is 2. The molecular formula is C23H22N2O4S3. The van der Waals surface area contributed by atoms with Crippen LogP contribution in [0.25, 0.3) is 0 Å². The lowest BCUT2D eigenvalue weighted by molar-refractivity contribution is -0.114. The van der Waals surface area contributed by atoms with Crippen LogP contribution in [-0.2, 0) is 14.3 Å². The van der Waals surface area contributed by atoms with Gasteiger partial charge in [0.05, 0.1) is 30.0 Å². The van der Waals surface area contributed by atoms with E-state index < -0.39 is 5.97 Å². The summed E-state index contributed by atoms with van der Waals surface area (Å²) in [7, 11) is 1.30. The lowest BCUT2D eigenvalue weighted by Gasteiger charge is -2.11. The SMILES string of the molecule is COC(=O)c1sccc1NC(=O)CSc1ccccc1NC(=O)CSc1cccc(C)c1. The third kappa shape index (κ3) is 6.88. The van der Waals surface area contributed by atoms with Crippen molar-refractivity contribution in [3.8, 4) is 0 Å². The Morgan fingerprint density at radius 2 is 1.62 bits per heavy atom. The molecule has 3 aromatic rings. The molecule has 0 aliphatic heterocycles. The first-order valence-electron chi connectivity index (χ1n) is 9.63. The van der Waals surface area contributed by atoms with Crippen molar-refractivity contribution in [2.24, 2.45) is 0 Å². The molecule has 0 bridgehead atoms. The van der Waals surface area contributed by atoms with Crippen molar-refractivity contribution in [3.63, 3.8) is 0 Å². The van der Waals surface area contributed by atoms with Crippen LogP contribution in [0.1, 0.15) is 15.2 Å². The van der Waals surface area contributed by atoms with E-state index in [1.807, 2.05) is 55.5 Å². The Morgan fingerprint density at radius 3 is 2.38 bits per heavy atom. The fraction of sp³-hybridized carbons (Fsp3) is 0.174. The zero-order valence-electron chi connectivity index (χ0n) is 17.5. The number of aryl methyl sites for hydroxylation is 1. The average Bonchev–Trinajstić information content (AvgIpc) is 3.24. The van der Waals surface area contributed by atoms with Gasteiger partial charge in [-0.2, -0.15) is 0 Å². The number of thioether (sulfide) groups is 2. The standard InChI is InChI=1S/C23H22N2O4S3/c1-15-6-5-7-16(12-15)31-13-20(26)24-17-8-3-4-9-19(17)32-14-21(27)25-18-10-11-30-22(18)23(28)29-2/h3-12H,13-14H2,1-2H3,(H,24,26)(H,25,27). The Hall–Kier alpha value is -2.75. The quantitative estimate of drug-likeness (QED) is 0.315. The molecule has 2 aromatic carbocycles. The van der Waals surface area contributed by atoms with Gasteiger partial charge in [0, 0.05) is 9.79 Å². The lowest BCUT2D eigenvalue weighted by atomic mass is 10.2. The summed E-state index contributed by atoms with van der Waals surface area (Å²) in [5, 5.41) is 7.38. The Bertz CT molecular complexity index is 1110. The van der Waals surface area contributed by atoms with Crippen molar-refractivity contribution >= 4 is 64.0 Å². The van der Waals surface area contributed by atoms with Gasteiger partial charge in [-0.3, -0.25) is 9.59 Å². The monoisotopic (exact) mass is 486 g/mol. The van der Waals surface area contributed by atoms with E-state index in [0.717, 1.165) is 15.4 Å². The van der Waals surface area contributed by atoms with E-state index in [-0.39, 0.29) is 23.3 Å². The molecule has 0 spiro atoms. The first-order valence-corrected chi connectivity index (χ1v) is 12.5. The number of methoxy groups -OCH3 is 1. The van der Waals surface area contributed by atoms with Crippen LogP contribution in [0.2, 0.25) is 0 Å². The van der Waals surface area contributed by atoms with Crippen LogP contribution in [0.4, 0.5) is 11.4 Å². The number of esters is 1. The zero-order chi connectivity index (χ0) is 22.9. The zero-order valence-corrected chi connectivity index (χ0v) is 20.0. The van der Waals surface area contributed by atoms with Crippen LogP contribution in [0.5, 0.6) is 0 Å². The van der Waals surface area contributed by atoms with Crippen LogP contribution in [0, 0.1) is 6.92 Å². The second kappa shape index (κ2) is 11.8. The number of ether oxygens (including phenoxy) is 1. The number of thiophene rings is 1. The molecule has 0 saturated heterocycles. The average molecular weight is 487 g/mol. The van der Waals surface area contributed by atoms with Gasteiger partial charge >= 0.3 is 5.97 Å². The summed E-state index contributed by atoms with van der Waals surface area (Å²) in [5.74, 6) is -0.442. The Labute approximate surface area is 199 Å². The van der Waals surface area contributed by atoms with E-state index in [4.69, 9.17) is 4.74 Å². The van der Waals surface area contributed by atoms with Crippen molar-refractivity contribution in [1.29, 1.82) is 0 Å². The topological polar surface area (TPSA) is 84.5 Å². The van der Waals surface area contributed by atoms with Crippen molar-refractivity contribution in [3.05, 3.63) is 70.4 Å². The van der Waals surface area contributed by atoms with Gasteiger partial charge in [0.1, 0.15) is 4.88 Å². The van der Waals surface area contributed by atoms with Crippen molar-refractivity contribution in [1.82, 2.24) is 0 Å². The fourth-order valence-corrected chi connectivity index (χ4v) is 5.11. The molecule has 2 N–H and O–H groups in total. The summed E-state index contributed by atoms with van der Waals surface area (Å²) in [4.78, 5) is 38.8. The van der Waals surface area contributed by atoms with Gasteiger partial charge in [-0.05, 0) is 42.6 Å². The van der Waals surface area contributed by atoms with E-state index in [9.17, 15) is 14.4 Å². The van der Waals surface area contributed by atoms with Crippen LogP contribution in [-0.4, -0.2) is 36.4 Å². The number of carbonyl (C=O) groups is 3. The lowest BCUT2D eigenvalue weighted by Crippen LogP contribution is -2.17. The summed E-state index contributed by atoms with van der Waals surface area (Å²) in [6.45, 7) is 2.02. The molecule has 0 fully saturated rings. The molecule has 0 aliphatic carbocycles. The molecule has 166 valence electrons. The van der Waals surface area contributed by atoms with Crippen LogP contribution < -0.4 is 10.6 Å². The highest BCUT2D eigenvalue weighted by Gasteiger charge is 2.16. The minimum atomic E-state index is -0.487. The number of amides is 2. The second-order valence-electron chi connectivity index (χ2n) is 6.64. The summed E-state index contributed by atoms with van der Waals surface area (Å²) in [5.41, 5.74) is 2.24. The van der Waals surface area contributed by atoms with Crippen molar-refractivity contribution in [2.45, 2.75) is 16.7 Å². The minimum Gasteiger partial charge on any atom is -0.465 e. The fourth-order valence-electron chi connectivity index (χ4n) is 2.72. The van der Waals surface area contributed by atoms with Crippen LogP contribution in [0.15, 0.2) is 69.8 Å². The molecule has 0 unspecified atom stereocenters. The van der Waals surface area contributed by atoms with Gasteiger partial charge in [-0.15, -0.1) is 34.9 Å². The molecule has 0 atom stereocenters. The molecule has 32 heavy (non-hydrogen) atoms. The Balaban J connectivity index is 1.54. The molecule has 9 heteroatoms. The molecular weight excluding hydrogens is 464 g/mol. The van der Waals surface area contributed by atoms with Gasteiger partial charge in [-0.25, -0.2) is 4.79 Å². The molecule has 3 rings (SSSR count). The van der Waals surface area contributed by atoms with Gasteiger partial charge in [0.25, 0.3) is 0 Å². The van der Waals surface area contributed by atoms with Gasteiger partial charge < -0.3 is 15.4 Å². The molecule has 0 saturated carbocycles. The van der Waals surface area contributed by atoms with E-state index in [1.165, 1.54) is 42.0 Å². The molecule has 2 amide bonds. The summed E-state index contributed by atoms with van der Waals surface area (Å²) < 4.78 is 4.73. The van der Waals surface area contributed by atoms with Gasteiger partial charge in [-0.1, -0.05) is 29.8 Å². The van der Waals surface area contributed by atoms with E-state index in [1.54, 1.807) is 11.4 Å². The minimum absolute atomic E-state index is 0.116. The first-order chi connectivity index (χ1) is 15.5. The molecule has 1 aromatic heterocycles. The smallest absolute Gasteiger partial charge is 0.350 e. The third-order valence-corrected chi connectivity index (χ3v) is 7.15. The normalized spacial score (nSPS) is 10.4. The van der Waals surface area contributed by atoms with Crippen LogP contribution in [0.3, 0.4) is 0 Å². The van der Waals surface area contributed by atoms with Crippen LogP contribution >= 0.6 is 34.9 Å². The second-order valence-corrected chi connectivity index (χ2v) is 9.62. The number of benzene rings is 2. The Morgan fingerprint density at radius 1 is 0.906 bits per heavy atom. The highest BCUT2D eigenvalue weighted by atomic mass is 32.2. The number of para-hydroxylation sites is 1. The van der Waals surface area contributed by atoms with E-state index in [0.29, 0.717) is 16.3 Å². The number of rotatable bonds is 9. The third-order valence-electron chi connectivity index (χ3n) is 4.19. The Kier molecular flexibility index (Phi) is 8.78. The van der Waals surface area contributed by atoms with E-state index in [2.05, 4.69) is 10.6 Å². The maximum absolute atomic E-state index is 12.4. The number of nitrogens with one attached hydrogen (secondary N) is 2. The predicted molar refractivity (Wildman–Crippen MR) is 132 cm³/mol. The number of anilines is 2. The molecule has 6 nitrogen and oxygen atoms in total. The molecule has 0 aliphatic rings. The van der Waals surface area contributed by atoms with Gasteiger partial charge in [0.15, 0.2) is 0 Å². The number of carbonyl (C=O) groups excluding carboxylic acids is 3. The summed E-state index contributed by atoms with van der Waals surface area (Å²) in [6.07, 6.45) is 0.